The van der Waals surface area contributed by atoms with E-state index in [-0.39, 0.29) is 18.3 Å². The molecule has 1 amide bonds. The summed E-state index contributed by atoms with van der Waals surface area (Å²) in [6.45, 7) is -0.169. The minimum atomic E-state index is -0.326. The van der Waals surface area contributed by atoms with Gasteiger partial charge < -0.3 is 14.6 Å². The number of benzene rings is 2. The van der Waals surface area contributed by atoms with E-state index in [4.69, 9.17) is 16.3 Å². The Morgan fingerprint density at radius 2 is 1.88 bits per heavy atom. The minimum Gasteiger partial charge on any atom is -0.482 e. The number of hydrogen-bond donors (Lipinski definition) is 1. The lowest BCUT2D eigenvalue weighted by molar-refractivity contribution is -0.118. The van der Waals surface area contributed by atoms with Crippen molar-refractivity contribution in [3.63, 3.8) is 0 Å². The highest BCUT2D eigenvalue weighted by molar-refractivity contribution is 6.32. The maximum Gasteiger partial charge on any atom is 0.262 e. The lowest BCUT2D eigenvalue weighted by atomic mass is 10.1. The van der Waals surface area contributed by atoms with Crippen LogP contribution in [-0.4, -0.2) is 27.8 Å². The molecule has 0 bridgehead atoms. The molecule has 0 radical (unpaired) electrons. The Bertz CT molecular complexity index is 935. The molecule has 0 unspecified atom stereocenters. The Morgan fingerprint density at radius 3 is 2.54 bits per heavy atom. The third-order valence-electron chi connectivity index (χ3n) is 3.65. The van der Waals surface area contributed by atoms with Gasteiger partial charge in [-0.1, -0.05) is 23.7 Å². The number of nitrogens with one attached hydrogen (secondary N) is 1. The molecule has 26 heavy (non-hydrogen) atoms. The predicted molar refractivity (Wildman–Crippen MR) is 98.7 cm³/mol. The number of halogens is 1. The zero-order chi connectivity index (χ0) is 18.5. The van der Waals surface area contributed by atoms with Crippen molar-refractivity contribution in [1.82, 2.24) is 9.55 Å². The lowest BCUT2D eigenvalue weighted by Crippen LogP contribution is -2.20. The second-order valence-corrected chi connectivity index (χ2v) is 5.94. The number of ether oxygens (including phenoxy) is 1. The third kappa shape index (κ3) is 4.10. The van der Waals surface area contributed by atoms with E-state index in [1.165, 1.54) is 0 Å². The van der Waals surface area contributed by atoms with Gasteiger partial charge in [-0.25, -0.2) is 4.98 Å². The van der Waals surface area contributed by atoms with Gasteiger partial charge in [0.2, 0.25) is 5.78 Å². The summed E-state index contributed by atoms with van der Waals surface area (Å²) in [4.78, 5) is 28.4. The molecule has 3 rings (SSSR count). The van der Waals surface area contributed by atoms with Gasteiger partial charge in [0.15, 0.2) is 12.4 Å². The van der Waals surface area contributed by atoms with Crippen molar-refractivity contribution < 1.29 is 14.3 Å². The molecular weight excluding hydrogens is 354 g/mol. The van der Waals surface area contributed by atoms with E-state index in [2.05, 4.69) is 10.3 Å². The smallest absolute Gasteiger partial charge is 0.262 e. The number of anilines is 1. The van der Waals surface area contributed by atoms with Crippen LogP contribution >= 0.6 is 11.6 Å². The molecule has 0 saturated heterocycles. The number of nitrogens with zero attached hydrogens (tertiary/aromatic N) is 2. The number of ketones is 1. The summed E-state index contributed by atoms with van der Waals surface area (Å²) in [5.41, 5.74) is 1.05. The monoisotopic (exact) mass is 369 g/mol. The highest BCUT2D eigenvalue weighted by atomic mass is 35.5. The topological polar surface area (TPSA) is 73.2 Å². The fourth-order valence-electron chi connectivity index (χ4n) is 2.32. The van der Waals surface area contributed by atoms with Crippen molar-refractivity contribution in [2.75, 3.05) is 11.9 Å². The van der Waals surface area contributed by atoms with Crippen LogP contribution in [0.1, 0.15) is 16.2 Å². The van der Waals surface area contributed by atoms with Gasteiger partial charge in [-0.3, -0.25) is 9.59 Å². The normalized spacial score (nSPS) is 10.4. The van der Waals surface area contributed by atoms with E-state index in [0.717, 1.165) is 0 Å². The molecule has 7 heteroatoms. The van der Waals surface area contributed by atoms with E-state index < -0.39 is 0 Å². The molecule has 0 aliphatic rings. The molecule has 0 spiro atoms. The molecule has 0 aliphatic heterocycles. The third-order valence-corrected chi connectivity index (χ3v) is 3.96. The maximum absolute atomic E-state index is 12.3. The van der Waals surface area contributed by atoms with E-state index >= 15 is 0 Å². The molecule has 0 saturated carbocycles. The second kappa shape index (κ2) is 7.84. The first-order valence-corrected chi connectivity index (χ1v) is 8.21. The van der Waals surface area contributed by atoms with Gasteiger partial charge in [-0.2, -0.15) is 0 Å². The van der Waals surface area contributed by atoms with Gasteiger partial charge in [-0.15, -0.1) is 0 Å². The van der Waals surface area contributed by atoms with Crippen molar-refractivity contribution >= 4 is 29.0 Å². The Balaban J connectivity index is 1.59. The first-order chi connectivity index (χ1) is 12.5. The van der Waals surface area contributed by atoms with Crippen LogP contribution in [-0.2, 0) is 11.8 Å². The van der Waals surface area contributed by atoms with Gasteiger partial charge in [-0.05, 0) is 36.4 Å². The van der Waals surface area contributed by atoms with E-state index in [1.54, 1.807) is 72.5 Å². The number of aryl methyl sites for hydroxylation is 1. The summed E-state index contributed by atoms with van der Waals surface area (Å²) >= 11 is 5.97. The van der Waals surface area contributed by atoms with Crippen LogP contribution < -0.4 is 10.1 Å². The number of para-hydroxylation sites is 1. The number of aromatic nitrogens is 2. The molecular formula is C19H16ClN3O3. The zero-order valence-corrected chi connectivity index (χ0v) is 14.7. The SMILES string of the molecule is Cn1ccnc1C(=O)c1ccc(NC(=O)COc2ccccc2Cl)cc1. The molecule has 1 aromatic heterocycles. The standard InChI is InChI=1S/C19H16ClN3O3/c1-23-11-10-21-19(23)18(25)13-6-8-14(9-7-13)22-17(24)12-26-16-5-3-2-4-15(16)20/h2-11H,12H2,1H3,(H,22,24). The molecule has 0 aliphatic carbocycles. The molecule has 0 atom stereocenters. The summed E-state index contributed by atoms with van der Waals surface area (Å²) in [7, 11) is 1.76. The van der Waals surface area contributed by atoms with Crippen LogP contribution in [0.5, 0.6) is 5.75 Å². The average Bonchev–Trinajstić information content (AvgIpc) is 3.07. The van der Waals surface area contributed by atoms with Crippen LogP contribution in [0.4, 0.5) is 5.69 Å². The molecule has 2 aromatic carbocycles. The van der Waals surface area contributed by atoms with Crippen molar-refractivity contribution in [2.45, 2.75) is 0 Å². The van der Waals surface area contributed by atoms with E-state index in [0.29, 0.717) is 27.8 Å². The summed E-state index contributed by atoms with van der Waals surface area (Å²) in [5.74, 6) is 0.292. The quantitative estimate of drug-likeness (QED) is 0.676. The molecule has 0 fully saturated rings. The first kappa shape index (κ1) is 17.7. The van der Waals surface area contributed by atoms with Crippen molar-refractivity contribution in [1.29, 1.82) is 0 Å². The first-order valence-electron chi connectivity index (χ1n) is 7.84. The van der Waals surface area contributed by atoms with Crippen LogP contribution in [0.2, 0.25) is 5.02 Å². The fourth-order valence-corrected chi connectivity index (χ4v) is 2.51. The second-order valence-electron chi connectivity index (χ2n) is 5.54. The van der Waals surface area contributed by atoms with Crippen LogP contribution in [0.3, 0.4) is 0 Å². The predicted octanol–water partition coefficient (Wildman–Crippen LogP) is 3.32. The summed E-state index contributed by atoms with van der Waals surface area (Å²) in [6.07, 6.45) is 3.28. The summed E-state index contributed by atoms with van der Waals surface area (Å²) in [6, 6.07) is 13.5. The highest BCUT2D eigenvalue weighted by Crippen LogP contribution is 2.23. The van der Waals surface area contributed by atoms with Gasteiger partial charge >= 0.3 is 0 Å². The number of carbonyl (C=O) groups excluding carboxylic acids is 2. The highest BCUT2D eigenvalue weighted by Gasteiger charge is 2.13. The fraction of sp³-hybridized carbons (Fsp3) is 0.105. The Kier molecular flexibility index (Phi) is 5.34. The van der Waals surface area contributed by atoms with Gasteiger partial charge in [0.25, 0.3) is 5.91 Å². The number of hydrogen-bond acceptors (Lipinski definition) is 4. The maximum atomic E-state index is 12.3. The Labute approximate surface area is 155 Å². The van der Waals surface area contributed by atoms with E-state index in [1.807, 2.05) is 0 Å². The van der Waals surface area contributed by atoms with Crippen LogP contribution in [0, 0.1) is 0 Å². The van der Waals surface area contributed by atoms with E-state index in [9.17, 15) is 9.59 Å². The summed E-state index contributed by atoms with van der Waals surface area (Å²) in [5, 5.41) is 3.15. The van der Waals surface area contributed by atoms with Crippen LogP contribution in [0.15, 0.2) is 60.9 Å². The van der Waals surface area contributed by atoms with Gasteiger partial charge in [0.05, 0.1) is 5.02 Å². The van der Waals surface area contributed by atoms with Crippen molar-refractivity contribution in [2.24, 2.45) is 7.05 Å². The van der Waals surface area contributed by atoms with Gasteiger partial charge in [0, 0.05) is 30.7 Å². The molecule has 132 valence electrons. The Hall–Kier alpha value is -3.12. The van der Waals surface area contributed by atoms with Crippen molar-refractivity contribution in [3.05, 3.63) is 77.3 Å². The minimum absolute atomic E-state index is 0.169. The number of imidazole rings is 1. The Morgan fingerprint density at radius 1 is 1.15 bits per heavy atom. The average molecular weight is 370 g/mol. The lowest BCUT2D eigenvalue weighted by Gasteiger charge is -2.09. The number of rotatable bonds is 6. The van der Waals surface area contributed by atoms with Crippen LogP contribution in [0.25, 0.3) is 0 Å². The molecule has 6 nitrogen and oxygen atoms in total. The van der Waals surface area contributed by atoms with Gasteiger partial charge in [0.1, 0.15) is 5.75 Å². The molecule has 1 N–H and O–H groups in total. The zero-order valence-electron chi connectivity index (χ0n) is 14.0. The largest absolute Gasteiger partial charge is 0.482 e. The number of amides is 1. The number of carbonyl (C=O) groups is 2. The molecule has 3 aromatic rings. The summed E-state index contributed by atoms with van der Waals surface area (Å²) < 4.78 is 7.04. The van der Waals surface area contributed by atoms with Crippen molar-refractivity contribution in [3.8, 4) is 5.75 Å². The molecule has 1 heterocycles.